The molecule has 160 valence electrons. The average Bonchev–Trinajstić information content (AvgIpc) is 2.93. The Morgan fingerprint density at radius 1 is 1.23 bits per heavy atom. The number of rotatable bonds is 8. The number of carbonyl (C=O) groups excluding carboxylic acids is 4. The molecule has 2 aliphatic rings. The van der Waals surface area contributed by atoms with Crippen molar-refractivity contribution in [3.8, 4) is 0 Å². The van der Waals surface area contributed by atoms with Crippen LogP contribution in [-0.4, -0.2) is 82.1 Å². The van der Waals surface area contributed by atoms with Crippen LogP contribution in [0.5, 0.6) is 0 Å². The quantitative estimate of drug-likeness (QED) is 0.317. The molecule has 1 aromatic carbocycles. The van der Waals surface area contributed by atoms with Crippen molar-refractivity contribution in [1.82, 2.24) is 10.3 Å². The summed E-state index contributed by atoms with van der Waals surface area (Å²) in [6.45, 7) is -0.948. The lowest BCUT2D eigenvalue weighted by molar-refractivity contribution is -0.829. The van der Waals surface area contributed by atoms with Gasteiger partial charge in [0.05, 0.1) is 31.8 Å². The van der Waals surface area contributed by atoms with Crippen LogP contribution in [0, 0.1) is 0 Å². The average molecular weight is 419 g/mol. The predicted molar refractivity (Wildman–Crippen MR) is 102 cm³/mol. The number of benzene rings is 1. The summed E-state index contributed by atoms with van der Waals surface area (Å²) < 4.78 is -1.12. The van der Waals surface area contributed by atoms with Crippen LogP contribution in [0.25, 0.3) is 0 Å². The molecule has 2 atom stereocenters. The molecular weight excluding hydrogens is 396 g/mol. The van der Waals surface area contributed by atoms with E-state index in [2.05, 4.69) is 10.7 Å². The van der Waals surface area contributed by atoms with Crippen molar-refractivity contribution in [3.05, 3.63) is 29.3 Å². The van der Waals surface area contributed by atoms with Crippen LogP contribution in [0.15, 0.2) is 18.2 Å². The maximum Gasteiger partial charge on any atom is 0.376 e. The van der Waals surface area contributed by atoms with E-state index in [-0.39, 0.29) is 43.5 Å². The number of carbonyl (C=O) groups is 5. The normalized spacial score (nSPS) is 23.7. The molecule has 1 unspecified atom stereocenters. The number of aliphatic hydroxyl groups is 1. The number of anilines is 1. The van der Waals surface area contributed by atoms with Gasteiger partial charge in [0.25, 0.3) is 5.91 Å². The lowest BCUT2D eigenvalue weighted by atomic mass is 10.0. The number of imide groups is 2. The van der Waals surface area contributed by atoms with Gasteiger partial charge in [-0.05, 0) is 12.1 Å². The maximum absolute atomic E-state index is 13.6. The number of likely N-dealkylation sites (tertiary alicyclic amines) is 1. The molecule has 0 spiro atoms. The zero-order valence-electron chi connectivity index (χ0n) is 16.4. The summed E-state index contributed by atoms with van der Waals surface area (Å²) in [6.07, 6.45) is -0.539. The second kappa shape index (κ2) is 8.30. The number of amides is 4. The van der Waals surface area contributed by atoms with Gasteiger partial charge in [0.2, 0.25) is 11.9 Å². The molecule has 3 rings (SSSR count). The molecule has 0 aliphatic carbocycles. The number of fused-ring (bicyclic) bond motifs is 1. The first-order chi connectivity index (χ1) is 14.3. The Labute approximate surface area is 171 Å². The fraction of sp³-hybridized carbons (Fsp3) is 0.421. The maximum atomic E-state index is 13.6. The van der Waals surface area contributed by atoms with Gasteiger partial charge < -0.3 is 15.5 Å². The van der Waals surface area contributed by atoms with E-state index in [0.29, 0.717) is 5.69 Å². The summed E-state index contributed by atoms with van der Waals surface area (Å²) in [5.74, 6) is -3.78. The van der Waals surface area contributed by atoms with Gasteiger partial charge >= 0.3 is 17.8 Å². The lowest BCUT2D eigenvalue weighted by Crippen LogP contribution is -2.72. The van der Waals surface area contributed by atoms with Crippen molar-refractivity contribution >= 4 is 35.3 Å². The van der Waals surface area contributed by atoms with Crippen LogP contribution in [0.3, 0.4) is 0 Å². The van der Waals surface area contributed by atoms with Crippen LogP contribution >= 0.6 is 0 Å². The molecule has 11 heteroatoms. The van der Waals surface area contributed by atoms with Crippen LogP contribution in [0.1, 0.15) is 40.0 Å². The first-order valence-corrected chi connectivity index (χ1v) is 9.50. The second-order valence-electron chi connectivity index (χ2n) is 7.02. The van der Waals surface area contributed by atoms with Gasteiger partial charge in [-0.3, -0.25) is 19.3 Å². The number of carboxylic acid groups (broad SMARTS) is 1. The molecule has 1 saturated heterocycles. The predicted octanol–water partition coefficient (Wildman–Crippen LogP) is -0.672. The van der Waals surface area contributed by atoms with Crippen LogP contribution in [0.2, 0.25) is 0 Å². The topological polar surface area (TPSA) is 153 Å². The number of carboxylic acids is 1. The first-order valence-electron chi connectivity index (χ1n) is 9.50. The van der Waals surface area contributed by atoms with E-state index in [1.165, 1.54) is 6.07 Å². The Hall–Kier alpha value is -3.15. The molecule has 4 N–H and O–H groups in total. The molecule has 1 fully saturated rings. The number of nitrogens with zero attached hydrogens (tertiary/aromatic N) is 2. The van der Waals surface area contributed by atoms with Crippen LogP contribution < -0.4 is 10.7 Å². The van der Waals surface area contributed by atoms with E-state index in [4.69, 9.17) is 5.11 Å². The van der Waals surface area contributed by atoms with Crippen molar-refractivity contribution < 1.29 is 38.8 Å². The van der Waals surface area contributed by atoms with Crippen LogP contribution in [0.4, 0.5) is 5.69 Å². The first kappa shape index (κ1) is 21.6. The molecule has 0 bridgehead atoms. The zero-order chi connectivity index (χ0) is 22.1. The zero-order valence-corrected chi connectivity index (χ0v) is 16.4. The molecule has 30 heavy (non-hydrogen) atoms. The number of hydrogen-bond acceptors (Lipinski definition) is 8. The van der Waals surface area contributed by atoms with Gasteiger partial charge in [0.15, 0.2) is 0 Å². The van der Waals surface area contributed by atoms with E-state index in [1.807, 2.05) is 0 Å². The highest BCUT2D eigenvalue weighted by molar-refractivity contribution is 6.18. The van der Waals surface area contributed by atoms with Crippen molar-refractivity contribution in [2.45, 2.75) is 25.3 Å². The third-order valence-corrected chi connectivity index (χ3v) is 5.39. The summed E-state index contributed by atoms with van der Waals surface area (Å²) in [4.78, 5) is 64.2. The molecule has 1 aromatic rings. The number of hydrogen-bond donors (Lipinski definition) is 4. The fourth-order valence-corrected chi connectivity index (χ4v) is 4.02. The van der Waals surface area contributed by atoms with E-state index >= 15 is 0 Å². The minimum Gasteiger partial charge on any atom is -0.481 e. The monoisotopic (exact) mass is 419 g/mol. The highest BCUT2D eigenvalue weighted by atomic mass is 16.4. The Morgan fingerprint density at radius 2 is 1.97 bits per heavy atom. The fourth-order valence-electron chi connectivity index (χ4n) is 4.02. The molecule has 0 aromatic heterocycles. The van der Waals surface area contributed by atoms with E-state index in [9.17, 15) is 29.1 Å². The third kappa shape index (κ3) is 3.26. The summed E-state index contributed by atoms with van der Waals surface area (Å²) in [7, 11) is 1.59. The summed E-state index contributed by atoms with van der Waals surface area (Å²) >= 11 is 0. The standard InChI is InChI=1S/C19H22N4O7/c1-20-12-4-2-3-11-16(12)19(30)23(18(11)29,21-8-7-15(26)27)13-5-6-14(25)22(9-10-24)17(13)28/h2-4,13,21,24H,5-10H2,1H3,(H-,20,26,27,30)/p+1/t13?,23-/m0/s1. The molecule has 0 saturated carbocycles. The highest BCUT2D eigenvalue weighted by Crippen LogP contribution is 2.38. The van der Waals surface area contributed by atoms with Gasteiger partial charge in [0, 0.05) is 19.9 Å². The summed E-state index contributed by atoms with van der Waals surface area (Å²) in [5, 5.41) is 21.1. The van der Waals surface area contributed by atoms with Gasteiger partial charge in [-0.2, -0.15) is 5.43 Å². The Bertz CT molecular complexity index is 931. The minimum absolute atomic E-state index is 0.0694. The second-order valence-corrected chi connectivity index (χ2v) is 7.02. The van der Waals surface area contributed by atoms with Crippen molar-refractivity contribution in [2.75, 3.05) is 32.1 Å². The largest absolute Gasteiger partial charge is 0.481 e. The molecule has 2 aliphatic heterocycles. The lowest BCUT2D eigenvalue weighted by Gasteiger charge is -2.39. The van der Waals surface area contributed by atoms with E-state index < -0.39 is 46.8 Å². The molecule has 2 heterocycles. The van der Waals surface area contributed by atoms with Crippen molar-refractivity contribution in [3.63, 3.8) is 0 Å². The Balaban J connectivity index is 2.10. The SMILES string of the molecule is CNc1cccc2c1C(=O)[N@+](NCCC(=O)O)(C1CCC(=O)N(CCO)C1=O)C2=O. The number of nitrogens with one attached hydrogen (secondary N) is 2. The third-order valence-electron chi connectivity index (χ3n) is 5.39. The van der Waals surface area contributed by atoms with E-state index in [1.54, 1.807) is 19.2 Å². The van der Waals surface area contributed by atoms with Crippen molar-refractivity contribution in [1.29, 1.82) is 0 Å². The molecular formula is C19H23N4O7+. The smallest absolute Gasteiger partial charge is 0.376 e. The number of piperidine rings is 1. The van der Waals surface area contributed by atoms with Gasteiger partial charge in [-0.1, -0.05) is 6.07 Å². The van der Waals surface area contributed by atoms with Crippen molar-refractivity contribution in [2.24, 2.45) is 0 Å². The summed E-state index contributed by atoms with van der Waals surface area (Å²) in [6, 6.07) is 3.42. The van der Waals surface area contributed by atoms with Gasteiger partial charge in [-0.15, -0.1) is 4.59 Å². The molecule has 0 radical (unpaired) electrons. The number of aliphatic carboxylic acids is 1. The summed E-state index contributed by atoms with van der Waals surface area (Å²) in [5.41, 5.74) is 3.32. The Morgan fingerprint density at radius 3 is 2.60 bits per heavy atom. The van der Waals surface area contributed by atoms with Gasteiger partial charge in [0.1, 0.15) is 11.1 Å². The molecule has 11 nitrogen and oxygen atoms in total. The number of quaternary nitrogens is 1. The van der Waals surface area contributed by atoms with Gasteiger partial charge in [-0.25, -0.2) is 9.59 Å². The molecule has 4 amide bonds. The minimum atomic E-state index is -1.26. The highest BCUT2D eigenvalue weighted by Gasteiger charge is 2.63. The number of aliphatic hydroxyl groups excluding tert-OH is 1. The number of β-amino-alcohol motifs (C(OH)–C–C–N with tert-alkyl or cyclic N) is 1. The van der Waals surface area contributed by atoms with E-state index in [0.717, 1.165) is 4.90 Å². The Kier molecular flexibility index (Phi) is 5.97. The van der Waals surface area contributed by atoms with Crippen LogP contribution in [-0.2, 0) is 14.4 Å².